The van der Waals surface area contributed by atoms with E-state index < -0.39 is 0 Å². The Morgan fingerprint density at radius 3 is 2.86 bits per heavy atom. The van der Waals surface area contributed by atoms with Crippen LogP contribution in [0.15, 0.2) is 28.7 Å². The second kappa shape index (κ2) is 6.79. The van der Waals surface area contributed by atoms with Gasteiger partial charge in [0.2, 0.25) is 0 Å². The van der Waals surface area contributed by atoms with Gasteiger partial charge in [-0.25, -0.2) is 4.98 Å². The van der Waals surface area contributed by atoms with Crippen LogP contribution in [-0.2, 0) is 19.4 Å². The number of nitrogens with zero attached hydrogens (tertiary/aromatic N) is 2. The average Bonchev–Trinajstić information content (AvgIpc) is 2.84. The van der Waals surface area contributed by atoms with E-state index in [1.54, 1.807) is 0 Å². The molecule has 0 fully saturated rings. The van der Waals surface area contributed by atoms with Gasteiger partial charge in [-0.15, -0.1) is 0 Å². The maximum absolute atomic E-state index is 4.73. The van der Waals surface area contributed by atoms with Crippen LogP contribution in [0.1, 0.15) is 36.5 Å². The molecule has 0 spiro atoms. The predicted molar refractivity (Wildman–Crippen MR) is 97.5 cm³/mol. The number of hydrogen-bond acceptors (Lipinski definition) is 2. The van der Waals surface area contributed by atoms with Crippen molar-refractivity contribution in [3.05, 3.63) is 49.5 Å². The highest BCUT2D eigenvalue weighted by molar-refractivity contribution is 14.1. The van der Waals surface area contributed by atoms with E-state index in [1.165, 1.54) is 17.1 Å². The number of aromatic nitrogens is 2. The molecule has 2 aromatic rings. The number of hydrogen-bond donors (Lipinski definition) is 1. The molecule has 5 heteroatoms. The fraction of sp³-hybridized carbons (Fsp3) is 0.438. The zero-order chi connectivity index (χ0) is 14.8. The molecule has 0 saturated heterocycles. The first-order valence-corrected chi connectivity index (χ1v) is 9.29. The number of aryl methyl sites for hydroxylation is 2. The molecule has 1 aliphatic heterocycles. The minimum Gasteiger partial charge on any atom is -0.328 e. The van der Waals surface area contributed by atoms with E-state index in [1.807, 2.05) is 0 Å². The predicted octanol–water partition coefficient (Wildman–Crippen LogP) is 4.09. The molecule has 1 aromatic carbocycles. The summed E-state index contributed by atoms with van der Waals surface area (Å²) in [6, 6.07) is 9.06. The highest BCUT2D eigenvalue weighted by atomic mass is 127. The van der Waals surface area contributed by atoms with Crippen LogP contribution in [-0.4, -0.2) is 16.1 Å². The second-order valence-corrected chi connectivity index (χ2v) is 7.32. The zero-order valence-electron chi connectivity index (χ0n) is 12.1. The van der Waals surface area contributed by atoms with Gasteiger partial charge in [-0.1, -0.05) is 35.0 Å². The van der Waals surface area contributed by atoms with E-state index in [4.69, 9.17) is 4.98 Å². The van der Waals surface area contributed by atoms with Crippen LogP contribution in [0.4, 0.5) is 0 Å². The first-order chi connectivity index (χ1) is 10.2. The molecular weight excluding hydrogens is 441 g/mol. The minimum atomic E-state index is 0.419. The third kappa shape index (κ3) is 3.35. The van der Waals surface area contributed by atoms with E-state index in [9.17, 15) is 0 Å². The molecule has 3 rings (SSSR count). The first kappa shape index (κ1) is 15.5. The zero-order valence-corrected chi connectivity index (χ0v) is 15.8. The minimum absolute atomic E-state index is 0.419. The van der Waals surface area contributed by atoms with Gasteiger partial charge in [-0.05, 0) is 53.1 Å². The summed E-state index contributed by atoms with van der Waals surface area (Å²) in [6.45, 7) is 4.27. The lowest BCUT2D eigenvalue weighted by Crippen LogP contribution is -2.34. The molecule has 2 heterocycles. The number of fused-ring (bicyclic) bond motifs is 1. The lowest BCUT2D eigenvalue weighted by molar-refractivity contribution is 0.399. The summed E-state index contributed by atoms with van der Waals surface area (Å²) in [5.74, 6) is 1.23. The van der Waals surface area contributed by atoms with Crippen molar-refractivity contribution in [1.29, 1.82) is 0 Å². The van der Waals surface area contributed by atoms with Crippen LogP contribution >= 0.6 is 38.5 Å². The molecule has 1 N–H and O–H groups in total. The van der Waals surface area contributed by atoms with Crippen molar-refractivity contribution in [1.82, 2.24) is 14.9 Å². The van der Waals surface area contributed by atoms with E-state index in [2.05, 4.69) is 79.6 Å². The van der Waals surface area contributed by atoms with Crippen molar-refractivity contribution in [2.75, 3.05) is 6.54 Å². The molecular formula is C16H19BrIN3. The van der Waals surface area contributed by atoms with Gasteiger partial charge in [-0.2, -0.15) is 0 Å². The summed E-state index contributed by atoms with van der Waals surface area (Å²) in [6.07, 6.45) is 3.22. The Morgan fingerprint density at radius 1 is 1.38 bits per heavy atom. The quantitative estimate of drug-likeness (QED) is 0.698. The van der Waals surface area contributed by atoms with Gasteiger partial charge in [0.15, 0.2) is 0 Å². The van der Waals surface area contributed by atoms with Crippen molar-refractivity contribution in [3.63, 3.8) is 0 Å². The van der Waals surface area contributed by atoms with Gasteiger partial charge in [0, 0.05) is 24.0 Å². The Balaban J connectivity index is 1.76. The van der Waals surface area contributed by atoms with E-state index in [0.717, 1.165) is 40.5 Å². The molecule has 0 aliphatic carbocycles. The fourth-order valence-electron chi connectivity index (χ4n) is 2.98. The molecule has 112 valence electrons. The Hall–Kier alpha value is -0.400. The Kier molecular flexibility index (Phi) is 5.01. The van der Waals surface area contributed by atoms with Crippen molar-refractivity contribution in [2.24, 2.45) is 0 Å². The van der Waals surface area contributed by atoms with Gasteiger partial charge in [0.1, 0.15) is 9.53 Å². The summed E-state index contributed by atoms with van der Waals surface area (Å²) in [5, 5.41) is 3.66. The standard InChI is InChI=1S/C16H19BrIN3/c1-2-14-20-16(18)15-13(19-9-10-21(14)15)8-5-11-3-6-12(17)7-4-11/h3-4,6-7,13,19H,2,5,8-10H2,1H3. The highest BCUT2D eigenvalue weighted by Gasteiger charge is 2.25. The topological polar surface area (TPSA) is 29.9 Å². The largest absolute Gasteiger partial charge is 0.328 e. The first-order valence-electron chi connectivity index (χ1n) is 7.41. The summed E-state index contributed by atoms with van der Waals surface area (Å²) < 4.78 is 4.73. The van der Waals surface area contributed by atoms with E-state index in [-0.39, 0.29) is 0 Å². The van der Waals surface area contributed by atoms with Crippen LogP contribution in [0.3, 0.4) is 0 Å². The van der Waals surface area contributed by atoms with Crippen molar-refractivity contribution in [2.45, 2.75) is 38.8 Å². The summed E-state index contributed by atoms with van der Waals surface area (Å²) in [7, 11) is 0. The number of rotatable bonds is 4. The van der Waals surface area contributed by atoms with Crippen LogP contribution in [0.2, 0.25) is 0 Å². The molecule has 0 bridgehead atoms. The summed E-state index contributed by atoms with van der Waals surface area (Å²) >= 11 is 5.87. The maximum Gasteiger partial charge on any atom is 0.124 e. The lowest BCUT2D eigenvalue weighted by Gasteiger charge is -2.27. The number of imidazole rings is 1. The van der Waals surface area contributed by atoms with Crippen LogP contribution in [0, 0.1) is 3.70 Å². The van der Waals surface area contributed by atoms with Gasteiger partial charge >= 0.3 is 0 Å². The molecule has 0 saturated carbocycles. The summed E-state index contributed by atoms with van der Waals surface area (Å²) in [4.78, 5) is 4.73. The van der Waals surface area contributed by atoms with E-state index >= 15 is 0 Å². The Morgan fingerprint density at radius 2 is 2.14 bits per heavy atom. The van der Waals surface area contributed by atoms with Crippen molar-refractivity contribution < 1.29 is 0 Å². The number of benzene rings is 1. The van der Waals surface area contributed by atoms with Gasteiger partial charge < -0.3 is 9.88 Å². The number of nitrogens with one attached hydrogen (secondary N) is 1. The second-order valence-electron chi connectivity index (χ2n) is 5.38. The molecule has 3 nitrogen and oxygen atoms in total. The lowest BCUT2D eigenvalue weighted by atomic mass is 10.0. The molecule has 1 aliphatic rings. The SMILES string of the molecule is CCc1nc(I)c2n1CCNC2CCc1ccc(Br)cc1. The van der Waals surface area contributed by atoms with Gasteiger partial charge in [0.05, 0.1) is 11.7 Å². The van der Waals surface area contributed by atoms with Gasteiger partial charge in [-0.3, -0.25) is 0 Å². The Labute approximate surface area is 147 Å². The maximum atomic E-state index is 4.73. The molecule has 0 amide bonds. The molecule has 1 aromatic heterocycles. The smallest absolute Gasteiger partial charge is 0.124 e. The highest BCUT2D eigenvalue weighted by Crippen LogP contribution is 2.28. The normalized spacial score (nSPS) is 17.8. The van der Waals surface area contributed by atoms with Crippen LogP contribution in [0.5, 0.6) is 0 Å². The molecule has 21 heavy (non-hydrogen) atoms. The Bertz CT molecular complexity index is 621. The monoisotopic (exact) mass is 459 g/mol. The van der Waals surface area contributed by atoms with Gasteiger partial charge in [0.25, 0.3) is 0 Å². The van der Waals surface area contributed by atoms with Crippen molar-refractivity contribution >= 4 is 38.5 Å². The van der Waals surface area contributed by atoms with Crippen LogP contribution < -0.4 is 5.32 Å². The van der Waals surface area contributed by atoms with E-state index in [0.29, 0.717) is 6.04 Å². The van der Waals surface area contributed by atoms with Crippen molar-refractivity contribution in [3.8, 4) is 0 Å². The third-order valence-electron chi connectivity index (χ3n) is 4.05. The molecule has 1 atom stereocenters. The third-order valence-corrected chi connectivity index (χ3v) is 5.37. The fourth-order valence-corrected chi connectivity index (χ4v) is 4.19. The van der Waals surface area contributed by atoms with Crippen LogP contribution in [0.25, 0.3) is 0 Å². The molecule has 1 unspecified atom stereocenters. The number of halogens is 2. The average molecular weight is 460 g/mol. The summed E-state index contributed by atoms with van der Waals surface area (Å²) in [5.41, 5.74) is 2.78. The molecule has 0 radical (unpaired) electrons.